The molecule has 0 aliphatic rings. The predicted octanol–water partition coefficient (Wildman–Crippen LogP) is 9.37. The lowest BCUT2D eigenvalue weighted by atomic mass is 9.69. The second-order valence-corrected chi connectivity index (χ2v) is 10.9. The molecule has 1 nitrogen and oxygen atoms in total. The van der Waals surface area contributed by atoms with E-state index in [9.17, 15) is 0 Å². The van der Waals surface area contributed by atoms with Crippen LogP contribution in [0.3, 0.4) is 0 Å². The molecule has 0 fully saturated rings. The van der Waals surface area contributed by atoms with E-state index >= 15 is 0 Å². The van der Waals surface area contributed by atoms with Crippen LogP contribution in [0.4, 0.5) is 5.69 Å². The Morgan fingerprint density at radius 3 is 1.84 bits per heavy atom. The highest BCUT2D eigenvalue weighted by molar-refractivity contribution is 6.26. The maximum absolute atomic E-state index is 6.43. The summed E-state index contributed by atoms with van der Waals surface area (Å²) < 4.78 is 0. The quantitative estimate of drug-likeness (QED) is 0.191. The van der Waals surface area contributed by atoms with Crippen molar-refractivity contribution in [2.75, 3.05) is 5.73 Å². The van der Waals surface area contributed by atoms with Gasteiger partial charge in [0.2, 0.25) is 0 Å². The molecule has 32 heavy (non-hydrogen) atoms. The molecule has 4 aromatic carbocycles. The summed E-state index contributed by atoms with van der Waals surface area (Å²) in [7, 11) is 0. The first-order valence-corrected chi connectivity index (χ1v) is 12.0. The molecule has 170 valence electrons. The Morgan fingerprint density at radius 1 is 0.812 bits per heavy atom. The molecule has 0 heterocycles. The normalized spacial score (nSPS) is 12.4. The maximum Gasteiger partial charge on any atom is 0.0397 e. The number of aryl methyl sites for hydroxylation is 2. The minimum Gasteiger partial charge on any atom is -0.398 e. The maximum atomic E-state index is 6.43. The molecule has 0 aromatic heterocycles. The van der Waals surface area contributed by atoms with Crippen molar-refractivity contribution in [1.29, 1.82) is 0 Å². The Morgan fingerprint density at radius 2 is 1.28 bits per heavy atom. The third kappa shape index (κ3) is 4.10. The van der Waals surface area contributed by atoms with Gasteiger partial charge in [-0.2, -0.15) is 0 Å². The van der Waals surface area contributed by atoms with E-state index in [0.717, 1.165) is 18.5 Å². The molecular formula is C31H41N. The van der Waals surface area contributed by atoms with Gasteiger partial charge in [0.1, 0.15) is 0 Å². The van der Waals surface area contributed by atoms with Gasteiger partial charge in [0, 0.05) is 11.1 Å². The molecule has 4 aromatic rings. The fourth-order valence-electron chi connectivity index (χ4n) is 5.54. The first-order chi connectivity index (χ1) is 14.9. The lowest BCUT2D eigenvalue weighted by molar-refractivity contribution is 0.226. The van der Waals surface area contributed by atoms with Gasteiger partial charge in [-0.05, 0) is 94.1 Å². The van der Waals surface area contributed by atoms with Crippen LogP contribution in [0.15, 0.2) is 48.6 Å². The highest BCUT2D eigenvalue weighted by Gasteiger charge is 2.30. The SMILES string of the molecule is C=C(C)C(C)(C)CC(C)(C)Cc1cc(C)c2ccc3c(C)cc(N)c4ccc1c2c34.CC. The molecule has 0 saturated heterocycles. The van der Waals surface area contributed by atoms with Gasteiger partial charge in [-0.25, -0.2) is 0 Å². The van der Waals surface area contributed by atoms with E-state index in [1.807, 2.05) is 13.8 Å². The number of hydrogen-bond donors (Lipinski definition) is 1. The van der Waals surface area contributed by atoms with E-state index in [1.165, 1.54) is 54.6 Å². The van der Waals surface area contributed by atoms with Crippen molar-refractivity contribution in [2.45, 2.75) is 75.2 Å². The number of benzene rings is 4. The summed E-state index contributed by atoms with van der Waals surface area (Å²) >= 11 is 0. The first-order valence-electron chi connectivity index (χ1n) is 12.0. The average molecular weight is 428 g/mol. The number of nitrogen functional groups attached to an aromatic ring is 1. The van der Waals surface area contributed by atoms with Crippen LogP contribution in [-0.4, -0.2) is 0 Å². The molecule has 0 bridgehead atoms. The van der Waals surface area contributed by atoms with Crippen LogP contribution < -0.4 is 5.73 Å². The van der Waals surface area contributed by atoms with Crippen molar-refractivity contribution in [1.82, 2.24) is 0 Å². The molecule has 0 aliphatic carbocycles. The Balaban J connectivity index is 0.00000141. The van der Waals surface area contributed by atoms with Crippen LogP contribution >= 0.6 is 0 Å². The zero-order valence-electron chi connectivity index (χ0n) is 21.7. The second kappa shape index (κ2) is 8.43. The molecule has 0 atom stereocenters. The van der Waals surface area contributed by atoms with Crippen LogP contribution in [-0.2, 0) is 6.42 Å². The second-order valence-electron chi connectivity index (χ2n) is 10.9. The fraction of sp³-hybridized carbons (Fsp3) is 0.419. The smallest absolute Gasteiger partial charge is 0.0397 e. The van der Waals surface area contributed by atoms with E-state index < -0.39 is 0 Å². The van der Waals surface area contributed by atoms with Gasteiger partial charge in [-0.15, -0.1) is 0 Å². The summed E-state index contributed by atoms with van der Waals surface area (Å²) in [5.74, 6) is 0. The summed E-state index contributed by atoms with van der Waals surface area (Å²) in [5.41, 5.74) is 12.9. The number of hydrogen-bond acceptors (Lipinski definition) is 1. The Hall–Kier alpha value is -2.54. The van der Waals surface area contributed by atoms with Gasteiger partial charge in [-0.3, -0.25) is 0 Å². The van der Waals surface area contributed by atoms with E-state index in [2.05, 4.69) is 91.4 Å². The largest absolute Gasteiger partial charge is 0.398 e. The van der Waals surface area contributed by atoms with E-state index in [0.29, 0.717) is 0 Å². The predicted molar refractivity (Wildman–Crippen MR) is 146 cm³/mol. The average Bonchev–Trinajstić information content (AvgIpc) is 2.70. The number of nitrogens with two attached hydrogens (primary N) is 1. The van der Waals surface area contributed by atoms with E-state index in [1.54, 1.807) is 0 Å². The number of rotatable bonds is 5. The highest BCUT2D eigenvalue weighted by atomic mass is 14.6. The van der Waals surface area contributed by atoms with Crippen molar-refractivity contribution in [3.8, 4) is 0 Å². The van der Waals surface area contributed by atoms with Crippen LogP contribution in [0.25, 0.3) is 32.3 Å². The van der Waals surface area contributed by atoms with Gasteiger partial charge in [0.25, 0.3) is 0 Å². The summed E-state index contributed by atoms with van der Waals surface area (Å²) in [4.78, 5) is 0. The van der Waals surface area contributed by atoms with E-state index in [-0.39, 0.29) is 10.8 Å². The first kappa shape index (κ1) is 24.1. The van der Waals surface area contributed by atoms with Gasteiger partial charge >= 0.3 is 0 Å². The molecule has 2 N–H and O–H groups in total. The molecule has 0 spiro atoms. The molecule has 4 rings (SSSR count). The summed E-state index contributed by atoms with van der Waals surface area (Å²) in [6.07, 6.45) is 2.16. The summed E-state index contributed by atoms with van der Waals surface area (Å²) in [5, 5.41) is 7.92. The molecule has 1 heteroatoms. The van der Waals surface area contributed by atoms with Crippen LogP contribution in [0.5, 0.6) is 0 Å². The lowest BCUT2D eigenvalue weighted by Crippen LogP contribution is -2.26. The monoisotopic (exact) mass is 427 g/mol. The van der Waals surface area contributed by atoms with Crippen LogP contribution in [0.1, 0.15) is 71.6 Å². The fourth-order valence-corrected chi connectivity index (χ4v) is 5.54. The van der Waals surface area contributed by atoms with Crippen molar-refractivity contribution in [3.05, 3.63) is 65.2 Å². The molecule has 0 saturated carbocycles. The standard InChI is InChI=1S/C29H35N.C2H6/c1-17(2)29(7,8)16-28(5,6)15-20-13-18(3)21-9-10-22-19(4)14-25(30)24-12-11-23(20)26(21)27(22)24;1-2/h9-14H,1,15-16,30H2,2-8H3;1-2H3. The van der Waals surface area contributed by atoms with Crippen molar-refractivity contribution in [2.24, 2.45) is 10.8 Å². The van der Waals surface area contributed by atoms with Crippen molar-refractivity contribution < 1.29 is 0 Å². The Bertz CT molecular complexity index is 1270. The minimum atomic E-state index is 0.133. The third-order valence-electron chi connectivity index (χ3n) is 7.17. The summed E-state index contributed by atoms with van der Waals surface area (Å²) in [6.45, 7) is 24.2. The molecule has 0 amide bonds. The Kier molecular flexibility index (Phi) is 6.35. The zero-order valence-corrected chi connectivity index (χ0v) is 21.7. The highest BCUT2D eigenvalue weighted by Crippen LogP contribution is 2.44. The van der Waals surface area contributed by atoms with Crippen LogP contribution in [0, 0.1) is 24.7 Å². The minimum absolute atomic E-state index is 0.133. The topological polar surface area (TPSA) is 26.0 Å². The molecule has 0 radical (unpaired) electrons. The van der Waals surface area contributed by atoms with Gasteiger partial charge < -0.3 is 5.73 Å². The van der Waals surface area contributed by atoms with Gasteiger partial charge in [0.15, 0.2) is 0 Å². The molecule has 0 unspecified atom stereocenters. The zero-order chi connectivity index (χ0) is 24.0. The lowest BCUT2D eigenvalue weighted by Gasteiger charge is -2.36. The molecular weight excluding hydrogens is 386 g/mol. The number of anilines is 1. The van der Waals surface area contributed by atoms with E-state index in [4.69, 9.17) is 5.73 Å². The van der Waals surface area contributed by atoms with Crippen molar-refractivity contribution >= 4 is 38.0 Å². The third-order valence-corrected chi connectivity index (χ3v) is 7.17. The number of allylic oxidation sites excluding steroid dienone is 1. The van der Waals surface area contributed by atoms with Crippen molar-refractivity contribution in [3.63, 3.8) is 0 Å². The van der Waals surface area contributed by atoms with Crippen LogP contribution in [0.2, 0.25) is 0 Å². The summed E-state index contributed by atoms with van der Waals surface area (Å²) in [6, 6.07) is 13.6. The molecule has 0 aliphatic heterocycles. The Labute approximate surface area is 195 Å². The van der Waals surface area contributed by atoms with Gasteiger partial charge in [-0.1, -0.05) is 84.0 Å². The van der Waals surface area contributed by atoms with Gasteiger partial charge in [0.05, 0.1) is 0 Å².